The van der Waals surface area contributed by atoms with Crippen LogP contribution in [0.1, 0.15) is 11.0 Å². The molecule has 0 aliphatic rings. The third kappa shape index (κ3) is 1.56. The van der Waals surface area contributed by atoms with Crippen molar-refractivity contribution >= 4 is 22.6 Å². The molecule has 0 radical (unpaired) electrons. The first-order valence-corrected chi connectivity index (χ1v) is 4.12. The molecule has 1 atom stereocenters. The molecule has 0 bridgehead atoms. The van der Waals surface area contributed by atoms with Gasteiger partial charge in [-0.15, -0.1) is 0 Å². The number of hydrogen-bond acceptors (Lipinski definition) is 2. The molecule has 1 aromatic heterocycles. The van der Waals surface area contributed by atoms with Crippen LogP contribution in [-0.4, -0.2) is 9.55 Å². The molecule has 0 aliphatic heterocycles. The summed E-state index contributed by atoms with van der Waals surface area (Å²) in [6.07, 6.45) is 3.04. The molecule has 1 heterocycles. The molecule has 0 spiro atoms. The molecule has 0 N–H and O–H groups in total. The second-order valence-electron chi connectivity index (χ2n) is 1.90. The highest BCUT2D eigenvalue weighted by atomic mass is 127. The highest BCUT2D eigenvalue weighted by Gasteiger charge is 1.98. The van der Waals surface area contributed by atoms with Gasteiger partial charge in [-0.3, -0.25) is 9.36 Å². The number of aromatic nitrogens is 2. The highest BCUT2D eigenvalue weighted by molar-refractivity contribution is 14.1. The fraction of sp³-hybridized carbons (Fsp3) is 0.333. The van der Waals surface area contributed by atoms with Crippen LogP contribution < -0.4 is 5.56 Å². The minimum absolute atomic E-state index is 0.00287. The average Bonchev–Trinajstić information content (AvgIpc) is 1.88. The van der Waals surface area contributed by atoms with Gasteiger partial charge >= 0.3 is 0 Å². The number of hydrogen-bond donors (Lipinski definition) is 0. The van der Waals surface area contributed by atoms with Crippen LogP contribution in [0.15, 0.2) is 23.4 Å². The first kappa shape index (κ1) is 7.71. The van der Waals surface area contributed by atoms with E-state index in [-0.39, 0.29) is 9.61 Å². The lowest BCUT2D eigenvalue weighted by Crippen LogP contribution is -2.18. The maximum Gasteiger partial charge on any atom is 0.254 e. The first-order chi connectivity index (χ1) is 4.72. The van der Waals surface area contributed by atoms with Crippen LogP contribution in [0.2, 0.25) is 0 Å². The Morgan fingerprint density at radius 2 is 2.50 bits per heavy atom. The topological polar surface area (TPSA) is 34.9 Å². The first-order valence-electron chi connectivity index (χ1n) is 2.88. The number of halogens is 1. The van der Waals surface area contributed by atoms with E-state index in [1.807, 2.05) is 6.92 Å². The Hall–Kier alpha value is -0.390. The van der Waals surface area contributed by atoms with Crippen molar-refractivity contribution in [2.45, 2.75) is 11.0 Å². The molecule has 0 aliphatic carbocycles. The smallest absolute Gasteiger partial charge is 0.254 e. The molecule has 1 rings (SSSR count). The Morgan fingerprint density at radius 1 is 1.80 bits per heavy atom. The van der Waals surface area contributed by atoms with Crippen molar-refractivity contribution in [2.24, 2.45) is 0 Å². The number of rotatable bonds is 1. The molecule has 54 valence electrons. The molecule has 10 heavy (non-hydrogen) atoms. The predicted octanol–water partition coefficient (Wildman–Crippen LogP) is 1.20. The van der Waals surface area contributed by atoms with Crippen molar-refractivity contribution in [3.05, 3.63) is 28.9 Å². The third-order valence-corrected chi connectivity index (χ3v) is 1.73. The van der Waals surface area contributed by atoms with E-state index in [1.54, 1.807) is 10.9 Å². The SMILES string of the molecule is CC(I)n1cnccc1=O. The Kier molecular flexibility index (Phi) is 2.42. The monoisotopic (exact) mass is 250 g/mol. The summed E-state index contributed by atoms with van der Waals surface area (Å²) in [6, 6.07) is 1.45. The third-order valence-electron chi connectivity index (χ3n) is 1.13. The standard InChI is InChI=1S/C6H7IN2O/c1-5(7)9-4-8-3-2-6(9)10/h2-5H,1H3. The van der Waals surface area contributed by atoms with Crippen LogP contribution >= 0.6 is 22.6 Å². The van der Waals surface area contributed by atoms with Crippen molar-refractivity contribution in [3.8, 4) is 0 Å². The summed E-state index contributed by atoms with van der Waals surface area (Å²) in [6.45, 7) is 1.93. The number of alkyl halides is 1. The number of nitrogens with zero attached hydrogens (tertiary/aromatic N) is 2. The van der Waals surface area contributed by atoms with Crippen LogP contribution in [0.25, 0.3) is 0 Å². The van der Waals surface area contributed by atoms with Crippen LogP contribution in [0.3, 0.4) is 0 Å². The zero-order valence-electron chi connectivity index (χ0n) is 5.49. The molecule has 1 unspecified atom stereocenters. The van der Waals surface area contributed by atoms with Crippen molar-refractivity contribution < 1.29 is 0 Å². The Bertz CT molecular complexity index is 268. The van der Waals surface area contributed by atoms with Gasteiger partial charge in [0.2, 0.25) is 0 Å². The van der Waals surface area contributed by atoms with E-state index in [0.717, 1.165) is 0 Å². The van der Waals surface area contributed by atoms with Crippen LogP contribution in [0, 0.1) is 0 Å². The van der Waals surface area contributed by atoms with Gasteiger partial charge in [0.05, 0.1) is 10.4 Å². The van der Waals surface area contributed by atoms with E-state index in [0.29, 0.717) is 0 Å². The molecule has 1 aromatic rings. The van der Waals surface area contributed by atoms with Crippen LogP contribution in [0.4, 0.5) is 0 Å². The average molecular weight is 250 g/mol. The van der Waals surface area contributed by atoms with Gasteiger partial charge in [0.1, 0.15) is 0 Å². The second kappa shape index (κ2) is 3.14. The zero-order chi connectivity index (χ0) is 7.56. The van der Waals surface area contributed by atoms with Crippen molar-refractivity contribution in [2.75, 3.05) is 0 Å². The van der Waals surface area contributed by atoms with E-state index in [2.05, 4.69) is 27.6 Å². The van der Waals surface area contributed by atoms with Crippen LogP contribution in [0.5, 0.6) is 0 Å². The van der Waals surface area contributed by atoms with Gasteiger partial charge in [0.25, 0.3) is 5.56 Å². The summed E-state index contributed by atoms with van der Waals surface area (Å²) in [5.74, 6) is 0. The normalized spacial score (nSPS) is 13.0. The zero-order valence-corrected chi connectivity index (χ0v) is 7.65. The minimum Gasteiger partial charge on any atom is -0.287 e. The van der Waals surface area contributed by atoms with Crippen molar-refractivity contribution in [1.82, 2.24) is 9.55 Å². The fourth-order valence-electron chi connectivity index (χ4n) is 0.627. The second-order valence-corrected chi connectivity index (χ2v) is 3.70. The molecule has 0 fully saturated rings. The fourth-order valence-corrected chi connectivity index (χ4v) is 1.05. The van der Waals surface area contributed by atoms with E-state index in [4.69, 9.17) is 0 Å². The maximum absolute atomic E-state index is 11.0. The Balaban J connectivity index is 3.16. The minimum atomic E-state index is -0.00287. The summed E-state index contributed by atoms with van der Waals surface area (Å²) in [4.78, 5) is 14.8. The Labute approximate surface area is 72.2 Å². The molecule has 0 saturated heterocycles. The summed E-state index contributed by atoms with van der Waals surface area (Å²) in [7, 11) is 0. The van der Waals surface area contributed by atoms with Crippen molar-refractivity contribution in [1.29, 1.82) is 0 Å². The summed E-state index contributed by atoms with van der Waals surface area (Å²) in [5.41, 5.74) is -0.00287. The van der Waals surface area contributed by atoms with Crippen molar-refractivity contribution in [3.63, 3.8) is 0 Å². The van der Waals surface area contributed by atoms with Gasteiger partial charge in [-0.2, -0.15) is 0 Å². The lowest BCUT2D eigenvalue weighted by atomic mass is 10.6. The van der Waals surface area contributed by atoms with E-state index in [9.17, 15) is 4.79 Å². The Morgan fingerprint density at radius 3 is 2.90 bits per heavy atom. The molecule has 0 amide bonds. The molecule has 0 aromatic carbocycles. The van der Waals surface area contributed by atoms with Gasteiger partial charge in [-0.1, -0.05) is 22.6 Å². The lowest BCUT2D eigenvalue weighted by molar-refractivity contribution is 0.712. The van der Waals surface area contributed by atoms with Gasteiger partial charge in [-0.05, 0) is 6.92 Å². The quantitative estimate of drug-likeness (QED) is 0.554. The van der Waals surface area contributed by atoms with Crippen LogP contribution in [-0.2, 0) is 0 Å². The van der Waals surface area contributed by atoms with E-state index >= 15 is 0 Å². The van der Waals surface area contributed by atoms with Gasteiger partial charge in [0, 0.05) is 12.3 Å². The molecular formula is C6H7IN2O. The molecule has 4 heteroatoms. The highest BCUT2D eigenvalue weighted by Crippen LogP contribution is 2.08. The molecule has 3 nitrogen and oxygen atoms in total. The van der Waals surface area contributed by atoms with Gasteiger partial charge in [0.15, 0.2) is 0 Å². The summed E-state index contributed by atoms with van der Waals surface area (Å²) >= 11 is 2.16. The van der Waals surface area contributed by atoms with E-state index < -0.39 is 0 Å². The largest absolute Gasteiger partial charge is 0.287 e. The summed E-state index contributed by atoms with van der Waals surface area (Å²) in [5, 5.41) is 0. The van der Waals surface area contributed by atoms with Gasteiger partial charge in [-0.25, -0.2) is 4.98 Å². The van der Waals surface area contributed by atoms with Gasteiger partial charge < -0.3 is 0 Å². The summed E-state index contributed by atoms with van der Waals surface area (Å²) < 4.78 is 1.74. The predicted molar refractivity (Wildman–Crippen MR) is 47.2 cm³/mol. The van der Waals surface area contributed by atoms with E-state index in [1.165, 1.54) is 12.3 Å². The maximum atomic E-state index is 11.0. The molecule has 0 saturated carbocycles. The molecular weight excluding hydrogens is 243 g/mol. The lowest BCUT2D eigenvalue weighted by Gasteiger charge is -2.04.